The number of Topliss-reactive ketones (excluding diaryl/α,β-unsaturated/α-hetero) is 1. The summed E-state index contributed by atoms with van der Waals surface area (Å²) in [6.07, 6.45) is 2.43. The van der Waals surface area contributed by atoms with Crippen molar-refractivity contribution in [1.82, 2.24) is 9.21 Å². The van der Waals surface area contributed by atoms with Crippen molar-refractivity contribution in [3.8, 4) is 6.07 Å². The molecule has 2 heterocycles. The number of esters is 1. The van der Waals surface area contributed by atoms with E-state index in [1.54, 1.807) is 63.4 Å². The number of carbonyl (C=O) groups excluding carboxylic acids is 2. The van der Waals surface area contributed by atoms with Crippen molar-refractivity contribution >= 4 is 21.8 Å². The van der Waals surface area contributed by atoms with E-state index in [2.05, 4.69) is 11.0 Å². The lowest BCUT2D eigenvalue weighted by molar-refractivity contribution is -0.161. The van der Waals surface area contributed by atoms with Gasteiger partial charge in [0, 0.05) is 26.1 Å². The number of hydrogen-bond donors (Lipinski definition) is 1. The lowest BCUT2D eigenvalue weighted by Crippen LogP contribution is -2.69. The molecule has 0 aliphatic carbocycles. The van der Waals surface area contributed by atoms with E-state index in [-0.39, 0.29) is 24.1 Å². The van der Waals surface area contributed by atoms with Crippen LogP contribution in [0.1, 0.15) is 55.0 Å². The molecule has 2 aromatic rings. The van der Waals surface area contributed by atoms with Gasteiger partial charge in [0.05, 0.1) is 41.8 Å². The number of hydrogen-bond acceptors (Lipinski definition) is 9. The summed E-state index contributed by atoms with van der Waals surface area (Å²) >= 11 is 0. The number of nitriles is 1. The van der Waals surface area contributed by atoms with Gasteiger partial charge in [0.1, 0.15) is 0 Å². The van der Waals surface area contributed by atoms with E-state index in [1.165, 1.54) is 13.0 Å². The molecule has 0 bridgehead atoms. The third kappa shape index (κ3) is 5.29. The van der Waals surface area contributed by atoms with Crippen LogP contribution < -0.4 is 5.73 Å². The second kappa shape index (κ2) is 12.5. The van der Waals surface area contributed by atoms with Crippen LogP contribution in [0, 0.1) is 11.3 Å². The first kappa shape index (κ1) is 31.5. The predicted octanol–water partition coefficient (Wildman–Crippen LogP) is 2.69. The van der Waals surface area contributed by atoms with Gasteiger partial charge >= 0.3 is 5.97 Å². The third-order valence-corrected chi connectivity index (χ3v) is 10.1. The van der Waals surface area contributed by atoms with Crippen molar-refractivity contribution in [3.63, 3.8) is 0 Å². The van der Waals surface area contributed by atoms with Crippen molar-refractivity contribution in [3.05, 3.63) is 76.4 Å². The zero-order chi connectivity index (χ0) is 30.8. The Balaban J connectivity index is 2.00. The number of likely N-dealkylation sites (N-methyl/N-ethyl adjacent to an activating group) is 1. The van der Waals surface area contributed by atoms with Crippen LogP contribution in [0.4, 0.5) is 0 Å². The molecule has 10 nitrogen and oxygen atoms in total. The predicted molar refractivity (Wildman–Crippen MR) is 157 cm³/mol. The summed E-state index contributed by atoms with van der Waals surface area (Å²) in [4.78, 5) is 30.5. The first-order valence-corrected chi connectivity index (χ1v) is 15.4. The molecule has 4 atom stereocenters. The lowest BCUT2D eigenvalue weighted by Gasteiger charge is -2.48. The number of fused-ring (bicyclic) bond motifs is 1. The van der Waals surface area contributed by atoms with Crippen LogP contribution in [0.2, 0.25) is 0 Å². The summed E-state index contributed by atoms with van der Waals surface area (Å²) in [6.45, 7) is 5.58. The van der Waals surface area contributed by atoms with Crippen molar-refractivity contribution in [1.29, 1.82) is 5.26 Å². The third-order valence-electron chi connectivity index (χ3n) is 8.23. The summed E-state index contributed by atoms with van der Waals surface area (Å²) < 4.78 is 41.2. The number of benzene rings is 2. The fourth-order valence-electron chi connectivity index (χ4n) is 6.18. The maximum absolute atomic E-state index is 14.7. The Morgan fingerprint density at radius 2 is 1.98 bits per heavy atom. The number of sulfonamides is 1. The SMILES string of the molecule is CCOC(=O)[C@]1(C(=O)[C@H](C)N)C(c2cccc(C#N)c2)C(C)=CCN1S(=O)(=O)c1ccc2c(c1)[C@H](COC)N(C)CC2. The van der Waals surface area contributed by atoms with Crippen molar-refractivity contribution < 1.29 is 27.5 Å². The first-order valence-electron chi connectivity index (χ1n) is 13.9. The molecule has 2 aliphatic rings. The molecule has 0 saturated carbocycles. The van der Waals surface area contributed by atoms with E-state index >= 15 is 0 Å². The van der Waals surface area contributed by atoms with Gasteiger partial charge in [-0.15, -0.1) is 0 Å². The van der Waals surface area contributed by atoms with Crippen LogP contribution in [0.5, 0.6) is 0 Å². The number of methoxy groups -OCH3 is 1. The minimum absolute atomic E-state index is 0.0544. The molecule has 2 N–H and O–H groups in total. The van der Waals surface area contributed by atoms with E-state index in [0.717, 1.165) is 28.4 Å². The van der Waals surface area contributed by atoms with Gasteiger partial charge in [0.25, 0.3) is 0 Å². The van der Waals surface area contributed by atoms with Gasteiger partial charge < -0.3 is 15.2 Å². The van der Waals surface area contributed by atoms with Crippen LogP contribution in [-0.4, -0.2) is 81.4 Å². The largest absolute Gasteiger partial charge is 0.464 e. The molecule has 0 radical (unpaired) electrons. The van der Waals surface area contributed by atoms with Crippen LogP contribution >= 0.6 is 0 Å². The molecule has 0 aromatic heterocycles. The molecule has 11 heteroatoms. The number of ketones is 1. The van der Waals surface area contributed by atoms with E-state index in [4.69, 9.17) is 15.2 Å². The van der Waals surface area contributed by atoms with E-state index in [1.807, 2.05) is 7.05 Å². The number of nitrogens with two attached hydrogens (primary N) is 1. The minimum Gasteiger partial charge on any atom is -0.464 e. The monoisotopic (exact) mass is 594 g/mol. The van der Waals surface area contributed by atoms with Crippen molar-refractivity contribution in [2.45, 2.75) is 55.6 Å². The van der Waals surface area contributed by atoms with Gasteiger partial charge in [-0.2, -0.15) is 9.57 Å². The Bertz CT molecular complexity index is 1550. The molecular weight excluding hydrogens is 556 g/mol. The highest BCUT2D eigenvalue weighted by Crippen LogP contribution is 2.47. The highest BCUT2D eigenvalue weighted by Gasteiger charge is 2.63. The molecule has 0 spiro atoms. The first-order chi connectivity index (χ1) is 19.9. The number of nitrogens with zero attached hydrogens (tertiary/aromatic N) is 3. The number of ether oxygens (including phenoxy) is 2. The summed E-state index contributed by atoms with van der Waals surface area (Å²) in [5, 5.41) is 9.59. The van der Waals surface area contributed by atoms with Gasteiger partial charge in [-0.25, -0.2) is 13.2 Å². The Labute approximate surface area is 247 Å². The second-order valence-corrected chi connectivity index (χ2v) is 12.7. The number of carbonyl (C=O) groups is 2. The lowest BCUT2D eigenvalue weighted by atomic mass is 9.69. The van der Waals surface area contributed by atoms with Crippen molar-refractivity contribution in [2.75, 3.05) is 40.5 Å². The molecule has 0 saturated heterocycles. The van der Waals surface area contributed by atoms with Gasteiger partial charge in [-0.1, -0.05) is 29.8 Å². The van der Waals surface area contributed by atoms with Crippen LogP contribution in [0.25, 0.3) is 0 Å². The summed E-state index contributed by atoms with van der Waals surface area (Å²) in [5.74, 6) is -2.89. The molecule has 0 fully saturated rings. The van der Waals surface area contributed by atoms with Crippen LogP contribution in [0.3, 0.4) is 0 Å². The van der Waals surface area contributed by atoms with E-state index < -0.39 is 39.3 Å². The standard InChI is InChI=1S/C31H38N4O6S/c1-6-41-30(37)31(29(36)21(3)33)28(24-9-7-8-22(16-24)18-32)20(2)12-15-35(31)42(38,39)25-11-10-23-13-14-34(4)27(19-40-5)26(23)17-25/h7-12,16-17,21,27-28H,6,13-15,19,33H2,1-5H3/t21-,27-,28?,31+/m0/s1. The summed E-state index contributed by atoms with van der Waals surface area (Å²) in [7, 11) is -0.939. The highest BCUT2D eigenvalue weighted by molar-refractivity contribution is 7.89. The molecular formula is C31H38N4O6S. The quantitative estimate of drug-likeness (QED) is 0.263. The van der Waals surface area contributed by atoms with Crippen LogP contribution in [-0.2, 0) is 35.5 Å². The highest BCUT2D eigenvalue weighted by atomic mass is 32.2. The van der Waals surface area contributed by atoms with Gasteiger partial charge in [0.2, 0.25) is 15.6 Å². The summed E-state index contributed by atoms with van der Waals surface area (Å²) in [5.41, 5.74) is 6.95. The average Bonchev–Trinajstić information content (AvgIpc) is 2.97. The summed E-state index contributed by atoms with van der Waals surface area (Å²) in [6, 6.07) is 12.1. The fourth-order valence-corrected chi connectivity index (χ4v) is 7.87. The van der Waals surface area contributed by atoms with Crippen molar-refractivity contribution in [2.24, 2.45) is 5.73 Å². The Morgan fingerprint density at radius 3 is 2.62 bits per heavy atom. The average molecular weight is 595 g/mol. The Hall–Kier alpha value is -3.40. The molecule has 4 rings (SSSR count). The number of rotatable bonds is 9. The normalized spacial score (nSPS) is 23.8. The molecule has 1 unspecified atom stereocenters. The van der Waals surface area contributed by atoms with Gasteiger partial charge in [-0.05, 0) is 75.2 Å². The molecule has 42 heavy (non-hydrogen) atoms. The molecule has 224 valence electrons. The molecule has 2 aromatic carbocycles. The Morgan fingerprint density at radius 1 is 1.24 bits per heavy atom. The van der Waals surface area contributed by atoms with Gasteiger partial charge in [-0.3, -0.25) is 9.69 Å². The zero-order valence-electron chi connectivity index (χ0n) is 24.7. The molecule has 2 aliphatic heterocycles. The topological polar surface area (TPSA) is 143 Å². The smallest absolute Gasteiger partial charge is 0.336 e. The second-order valence-electron chi connectivity index (χ2n) is 10.9. The Kier molecular flexibility index (Phi) is 9.35. The maximum atomic E-state index is 14.7. The van der Waals surface area contributed by atoms with Crippen LogP contribution in [0.15, 0.2) is 59.0 Å². The van der Waals surface area contributed by atoms with E-state index in [9.17, 15) is 23.3 Å². The van der Waals surface area contributed by atoms with Gasteiger partial charge in [0.15, 0.2) is 5.78 Å². The van der Waals surface area contributed by atoms with E-state index in [0.29, 0.717) is 23.3 Å². The minimum atomic E-state index is -4.49. The zero-order valence-corrected chi connectivity index (χ0v) is 25.5. The molecule has 0 amide bonds. The fraction of sp³-hybridized carbons (Fsp3) is 0.452. The maximum Gasteiger partial charge on any atom is 0.336 e.